The molecule has 0 aromatic carbocycles. The van der Waals surface area contributed by atoms with Crippen molar-refractivity contribution >= 4 is 0 Å². The van der Waals surface area contributed by atoms with Crippen molar-refractivity contribution in [3.8, 4) is 0 Å². The number of nitrogens with zero attached hydrogens (tertiary/aromatic N) is 3. The van der Waals surface area contributed by atoms with Gasteiger partial charge in [-0.3, -0.25) is 4.68 Å². The van der Waals surface area contributed by atoms with Gasteiger partial charge in [-0.2, -0.15) is 0 Å². The molecule has 1 aromatic rings. The van der Waals surface area contributed by atoms with Gasteiger partial charge in [0, 0.05) is 13.2 Å². The minimum absolute atomic E-state index is 0.961. The van der Waals surface area contributed by atoms with Crippen molar-refractivity contribution in [3.63, 3.8) is 0 Å². The van der Waals surface area contributed by atoms with Gasteiger partial charge in [-0.05, 0) is 6.92 Å². The van der Waals surface area contributed by atoms with Gasteiger partial charge in [0.25, 0.3) is 0 Å². The van der Waals surface area contributed by atoms with E-state index in [1.807, 2.05) is 34.0 Å². The van der Waals surface area contributed by atoms with Crippen molar-refractivity contribution in [2.45, 2.75) is 66.7 Å². The highest BCUT2D eigenvalue weighted by atomic mass is 15.4. The molecule has 0 unspecified atom stereocenters. The van der Waals surface area contributed by atoms with Gasteiger partial charge in [0.2, 0.25) is 0 Å². The van der Waals surface area contributed by atoms with E-state index >= 15 is 0 Å². The summed E-state index contributed by atoms with van der Waals surface area (Å²) in [5.41, 5.74) is 0.961. The van der Waals surface area contributed by atoms with E-state index in [-0.39, 0.29) is 0 Å². The van der Waals surface area contributed by atoms with E-state index in [1.54, 1.807) is 4.68 Å². The Kier molecular flexibility index (Phi) is 15.5. The van der Waals surface area contributed by atoms with Gasteiger partial charge in [-0.15, -0.1) is 5.10 Å². The molecule has 0 aliphatic carbocycles. The van der Waals surface area contributed by atoms with Crippen molar-refractivity contribution < 1.29 is 0 Å². The Morgan fingerprint density at radius 2 is 1.56 bits per heavy atom. The lowest BCUT2D eigenvalue weighted by Crippen LogP contribution is -1.85. The molecular formula is C13H29N3. The second kappa shape index (κ2) is 14.1. The molecule has 96 valence electrons. The molecule has 0 aliphatic heterocycles. The first-order valence-electron chi connectivity index (χ1n) is 6.53. The van der Waals surface area contributed by atoms with E-state index in [4.69, 9.17) is 0 Å². The highest BCUT2D eigenvalue weighted by molar-refractivity contribution is 4.85. The number of aromatic nitrogens is 3. The molecule has 16 heavy (non-hydrogen) atoms. The summed E-state index contributed by atoms with van der Waals surface area (Å²) in [6.07, 6.45) is 8.87. The van der Waals surface area contributed by atoms with Gasteiger partial charge in [0.05, 0.1) is 5.69 Å². The van der Waals surface area contributed by atoms with Crippen LogP contribution in [0.4, 0.5) is 0 Å². The molecule has 0 N–H and O–H groups in total. The van der Waals surface area contributed by atoms with Crippen molar-refractivity contribution in [2.75, 3.05) is 0 Å². The van der Waals surface area contributed by atoms with Crippen LogP contribution >= 0.6 is 0 Å². The quantitative estimate of drug-likeness (QED) is 0.724. The lowest BCUT2D eigenvalue weighted by molar-refractivity contribution is 0.656. The molecular weight excluding hydrogens is 198 g/mol. The fourth-order valence-corrected chi connectivity index (χ4v) is 1.14. The van der Waals surface area contributed by atoms with Gasteiger partial charge >= 0.3 is 0 Å². The van der Waals surface area contributed by atoms with E-state index in [2.05, 4.69) is 24.2 Å². The van der Waals surface area contributed by atoms with Crippen molar-refractivity contribution in [2.24, 2.45) is 7.05 Å². The van der Waals surface area contributed by atoms with E-state index in [9.17, 15) is 0 Å². The molecule has 0 spiro atoms. The highest BCUT2D eigenvalue weighted by Gasteiger charge is 1.83. The van der Waals surface area contributed by atoms with Crippen LogP contribution in [0.2, 0.25) is 0 Å². The molecule has 0 fully saturated rings. The summed E-state index contributed by atoms with van der Waals surface area (Å²) in [6.45, 7) is 10.4. The Balaban J connectivity index is 0. The lowest BCUT2D eigenvalue weighted by Gasteiger charge is -1.90. The molecule has 1 heterocycles. The SMILES string of the molecule is CC.CCCCCCC.Cc1cn(C)nn1. The molecule has 3 heteroatoms. The maximum Gasteiger partial charge on any atom is 0.0796 e. The number of aryl methyl sites for hydroxylation is 2. The maximum atomic E-state index is 3.73. The van der Waals surface area contributed by atoms with E-state index < -0.39 is 0 Å². The third-order valence-electron chi connectivity index (χ3n) is 1.92. The van der Waals surface area contributed by atoms with Crippen molar-refractivity contribution in [1.82, 2.24) is 15.0 Å². The average Bonchev–Trinajstić information content (AvgIpc) is 2.67. The Morgan fingerprint density at radius 1 is 1.06 bits per heavy atom. The molecule has 0 aliphatic rings. The zero-order valence-corrected chi connectivity index (χ0v) is 12.0. The summed E-state index contributed by atoms with van der Waals surface area (Å²) in [5.74, 6) is 0. The Bertz CT molecular complexity index is 198. The summed E-state index contributed by atoms with van der Waals surface area (Å²) < 4.78 is 1.68. The van der Waals surface area contributed by atoms with Crippen molar-refractivity contribution in [1.29, 1.82) is 0 Å². The second-order valence-corrected chi connectivity index (χ2v) is 3.59. The first-order chi connectivity index (χ1) is 7.70. The number of rotatable bonds is 4. The zero-order chi connectivity index (χ0) is 12.8. The fourth-order valence-electron chi connectivity index (χ4n) is 1.14. The third-order valence-corrected chi connectivity index (χ3v) is 1.92. The standard InChI is InChI=1S/C7H16.C4H7N3.C2H6/c1-3-5-7-6-4-2;1-4-3-7(2)6-5-4;1-2/h3-7H2,1-2H3;3H,1-2H3;1-2H3. The van der Waals surface area contributed by atoms with Crippen LogP contribution in [-0.2, 0) is 7.05 Å². The van der Waals surface area contributed by atoms with Crippen LogP contribution in [0.3, 0.4) is 0 Å². The normalized spacial score (nSPS) is 8.62. The summed E-state index contributed by atoms with van der Waals surface area (Å²) in [7, 11) is 1.85. The maximum absolute atomic E-state index is 3.73. The van der Waals surface area contributed by atoms with Crippen LogP contribution in [-0.4, -0.2) is 15.0 Å². The molecule has 3 nitrogen and oxygen atoms in total. The number of hydrogen-bond acceptors (Lipinski definition) is 2. The van der Waals surface area contributed by atoms with E-state index in [1.165, 1.54) is 32.1 Å². The number of unbranched alkanes of at least 4 members (excludes halogenated alkanes) is 4. The summed E-state index contributed by atoms with van der Waals surface area (Å²) >= 11 is 0. The van der Waals surface area contributed by atoms with Gasteiger partial charge in [0.15, 0.2) is 0 Å². The van der Waals surface area contributed by atoms with Crippen LogP contribution in [0, 0.1) is 6.92 Å². The minimum atomic E-state index is 0.961. The molecule has 0 radical (unpaired) electrons. The first-order valence-corrected chi connectivity index (χ1v) is 6.53. The molecule has 0 amide bonds. The Morgan fingerprint density at radius 3 is 1.75 bits per heavy atom. The summed E-state index contributed by atoms with van der Waals surface area (Å²) in [5, 5.41) is 7.41. The van der Waals surface area contributed by atoms with Gasteiger partial charge in [-0.1, -0.05) is 65.0 Å². The molecule has 0 bridgehead atoms. The molecule has 1 aromatic heterocycles. The monoisotopic (exact) mass is 227 g/mol. The van der Waals surface area contributed by atoms with Crippen LogP contribution in [0.25, 0.3) is 0 Å². The fraction of sp³-hybridized carbons (Fsp3) is 0.846. The van der Waals surface area contributed by atoms with E-state index in [0.717, 1.165) is 5.69 Å². The second-order valence-electron chi connectivity index (χ2n) is 3.59. The Labute approximate surface area is 101 Å². The molecule has 0 saturated carbocycles. The highest BCUT2D eigenvalue weighted by Crippen LogP contribution is 2.00. The third kappa shape index (κ3) is 13.1. The minimum Gasteiger partial charge on any atom is -0.255 e. The van der Waals surface area contributed by atoms with Crippen LogP contribution < -0.4 is 0 Å². The summed E-state index contributed by atoms with van der Waals surface area (Å²) in [4.78, 5) is 0. The largest absolute Gasteiger partial charge is 0.255 e. The van der Waals surface area contributed by atoms with E-state index in [0.29, 0.717) is 0 Å². The molecule has 0 atom stereocenters. The summed E-state index contributed by atoms with van der Waals surface area (Å²) in [6, 6.07) is 0. The van der Waals surface area contributed by atoms with Gasteiger partial charge in [0.1, 0.15) is 0 Å². The predicted molar refractivity (Wildman–Crippen MR) is 71.5 cm³/mol. The van der Waals surface area contributed by atoms with Crippen LogP contribution in [0.1, 0.15) is 65.5 Å². The zero-order valence-electron chi connectivity index (χ0n) is 12.0. The molecule has 0 saturated heterocycles. The topological polar surface area (TPSA) is 30.7 Å². The first kappa shape index (κ1) is 17.5. The van der Waals surface area contributed by atoms with Crippen LogP contribution in [0.15, 0.2) is 6.20 Å². The van der Waals surface area contributed by atoms with Gasteiger partial charge in [-0.25, -0.2) is 0 Å². The molecule has 1 rings (SSSR count). The predicted octanol–water partition coefficient (Wildman–Crippen LogP) is 4.13. The Hall–Kier alpha value is -0.860. The lowest BCUT2D eigenvalue weighted by atomic mass is 10.2. The van der Waals surface area contributed by atoms with Crippen molar-refractivity contribution in [3.05, 3.63) is 11.9 Å². The average molecular weight is 227 g/mol. The number of hydrogen-bond donors (Lipinski definition) is 0. The smallest absolute Gasteiger partial charge is 0.0796 e. The van der Waals surface area contributed by atoms with Gasteiger partial charge < -0.3 is 0 Å². The van der Waals surface area contributed by atoms with Crippen LogP contribution in [0.5, 0.6) is 0 Å².